The zero-order valence-corrected chi connectivity index (χ0v) is 13.0. The van der Waals surface area contributed by atoms with Gasteiger partial charge >= 0.3 is 0 Å². The first-order chi connectivity index (χ1) is 8.36. The van der Waals surface area contributed by atoms with Gasteiger partial charge in [-0.25, -0.2) is 13.1 Å². The van der Waals surface area contributed by atoms with Crippen molar-refractivity contribution < 1.29 is 8.42 Å². The predicted molar refractivity (Wildman–Crippen MR) is 76.7 cm³/mol. The summed E-state index contributed by atoms with van der Waals surface area (Å²) in [7, 11) is -3.45. The molecule has 0 aliphatic rings. The molecule has 0 aromatic heterocycles. The van der Waals surface area contributed by atoms with Crippen LogP contribution in [0.5, 0.6) is 0 Å². The Bertz CT molecular complexity index is 501. The number of nitrogens with one attached hydrogen (secondary N) is 1. The fraction of sp³-hybridized carbons (Fsp3) is 0.500. The Kier molecular flexibility index (Phi) is 5.78. The van der Waals surface area contributed by atoms with Gasteiger partial charge in [-0.3, -0.25) is 0 Å². The summed E-state index contributed by atoms with van der Waals surface area (Å²) in [6, 6.07) is 5.03. The highest BCUT2D eigenvalue weighted by molar-refractivity contribution is 9.10. The fourth-order valence-corrected chi connectivity index (χ4v) is 3.62. The lowest BCUT2D eigenvalue weighted by atomic mass is 10.1. The Balaban J connectivity index is 2.85. The molecule has 3 N–H and O–H groups in total. The highest BCUT2D eigenvalue weighted by Gasteiger charge is 2.17. The largest absolute Gasteiger partial charge is 0.326 e. The number of rotatable bonds is 6. The number of hydrogen-bond donors (Lipinski definition) is 2. The van der Waals surface area contributed by atoms with Crippen molar-refractivity contribution in [2.75, 3.05) is 6.54 Å². The summed E-state index contributed by atoms with van der Waals surface area (Å²) in [6.45, 7) is 4.95. The van der Waals surface area contributed by atoms with Crippen LogP contribution in [0.2, 0.25) is 0 Å². The lowest BCUT2D eigenvalue weighted by molar-refractivity contribution is 0.551. The maximum Gasteiger partial charge on any atom is 0.241 e. The summed E-state index contributed by atoms with van der Waals surface area (Å²) in [4.78, 5) is 0.253. The van der Waals surface area contributed by atoms with Crippen LogP contribution in [-0.4, -0.2) is 15.0 Å². The molecule has 4 nitrogen and oxygen atoms in total. The molecule has 6 heteroatoms. The molecular weight excluding hydrogens is 316 g/mol. The van der Waals surface area contributed by atoms with E-state index in [0.717, 1.165) is 12.0 Å². The lowest BCUT2D eigenvalue weighted by Gasteiger charge is -2.10. The van der Waals surface area contributed by atoms with E-state index >= 15 is 0 Å². The van der Waals surface area contributed by atoms with Crippen LogP contribution in [0, 0.1) is 5.92 Å². The van der Waals surface area contributed by atoms with E-state index in [-0.39, 0.29) is 4.90 Å². The van der Waals surface area contributed by atoms with Crippen molar-refractivity contribution in [2.45, 2.75) is 31.7 Å². The minimum Gasteiger partial charge on any atom is -0.326 e. The molecule has 0 amide bonds. The molecule has 0 radical (unpaired) electrons. The lowest BCUT2D eigenvalue weighted by Crippen LogP contribution is -2.26. The summed E-state index contributed by atoms with van der Waals surface area (Å²) < 4.78 is 27.3. The Hall–Kier alpha value is -0.430. The molecule has 0 saturated carbocycles. The quantitative estimate of drug-likeness (QED) is 0.837. The van der Waals surface area contributed by atoms with E-state index in [2.05, 4.69) is 34.5 Å². The van der Waals surface area contributed by atoms with E-state index in [4.69, 9.17) is 5.73 Å². The zero-order valence-electron chi connectivity index (χ0n) is 10.6. The number of halogens is 1. The van der Waals surface area contributed by atoms with E-state index in [0.29, 0.717) is 23.5 Å². The Morgan fingerprint density at radius 3 is 2.56 bits per heavy atom. The number of sulfonamides is 1. The summed E-state index contributed by atoms with van der Waals surface area (Å²) in [5.74, 6) is 0.468. The van der Waals surface area contributed by atoms with E-state index in [1.807, 2.05) is 0 Å². The van der Waals surface area contributed by atoms with Crippen LogP contribution >= 0.6 is 15.9 Å². The number of nitrogens with two attached hydrogens (primary N) is 1. The van der Waals surface area contributed by atoms with E-state index in [1.165, 1.54) is 0 Å². The van der Waals surface area contributed by atoms with Crippen molar-refractivity contribution in [3.05, 3.63) is 28.2 Å². The van der Waals surface area contributed by atoms with Crippen LogP contribution in [0.1, 0.15) is 25.8 Å². The van der Waals surface area contributed by atoms with Gasteiger partial charge in [-0.2, -0.15) is 0 Å². The first kappa shape index (κ1) is 15.6. The van der Waals surface area contributed by atoms with E-state index < -0.39 is 10.0 Å². The van der Waals surface area contributed by atoms with Gasteiger partial charge in [-0.15, -0.1) is 0 Å². The van der Waals surface area contributed by atoms with Crippen molar-refractivity contribution in [3.63, 3.8) is 0 Å². The average Bonchev–Trinajstić information content (AvgIpc) is 2.27. The third kappa shape index (κ3) is 4.35. The first-order valence-corrected chi connectivity index (χ1v) is 8.12. The monoisotopic (exact) mass is 334 g/mol. The maximum atomic E-state index is 12.1. The van der Waals surface area contributed by atoms with Crippen molar-refractivity contribution >= 4 is 26.0 Å². The molecule has 0 heterocycles. The van der Waals surface area contributed by atoms with Gasteiger partial charge in [0.2, 0.25) is 10.0 Å². The van der Waals surface area contributed by atoms with Crippen LogP contribution in [0.25, 0.3) is 0 Å². The van der Waals surface area contributed by atoms with Gasteiger partial charge in [-0.1, -0.05) is 19.9 Å². The molecular formula is C12H19BrN2O2S. The van der Waals surface area contributed by atoms with E-state index in [1.54, 1.807) is 18.2 Å². The van der Waals surface area contributed by atoms with E-state index in [9.17, 15) is 8.42 Å². The molecule has 102 valence electrons. The third-order valence-electron chi connectivity index (χ3n) is 2.54. The van der Waals surface area contributed by atoms with Gasteiger partial charge in [0.15, 0.2) is 0 Å². The molecule has 0 bridgehead atoms. The normalized spacial score (nSPS) is 12.1. The van der Waals surface area contributed by atoms with Crippen LogP contribution in [0.15, 0.2) is 27.6 Å². The van der Waals surface area contributed by atoms with Crippen molar-refractivity contribution in [2.24, 2.45) is 11.7 Å². The molecule has 0 aliphatic carbocycles. The van der Waals surface area contributed by atoms with Crippen LogP contribution < -0.4 is 10.5 Å². The second-order valence-corrected chi connectivity index (χ2v) is 7.14. The van der Waals surface area contributed by atoms with Crippen LogP contribution in [0.3, 0.4) is 0 Å². The van der Waals surface area contributed by atoms with Crippen molar-refractivity contribution in [1.82, 2.24) is 4.72 Å². The topological polar surface area (TPSA) is 72.2 Å². The summed E-state index contributed by atoms with van der Waals surface area (Å²) in [6.07, 6.45) is 0.817. The van der Waals surface area contributed by atoms with Crippen molar-refractivity contribution in [3.8, 4) is 0 Å². The highest BCUT2D eigenvalue weighted by Crippen LogP contribution is 2.23. The van der Waals surface area contributed by atoms with Crippen LogP contribution in [0.4, 0.5) is 0 Å². The summed E-state index contributed by atoms with van der Waals surface area (Å²) in [5, 5.41) is 0. The summed E-state index contributed by atoms with van der Waals surface area (Å²) >= 11 is 3.27. The van der Waals surface area contributed by atoms with Gasteiger partial charge in [0.25, 0.3) is 0 Å². The molecule has 0 aliphatic heterocycles. The second-order valence-electron chi connectivity index (χ2n) is 4.55. The smallest absolute Gasteiger partial charge is 0.241 e. The summed E-state index contributed by atoms with van der Waals surface area (Å²) in [5.41, 5.74) is 6.40. The molecule has 1 aromatic rings. The number of benzene rings is 1. The number of hydrogen-bond acceptors (Lipinski definition) is 3. The zero-order chi connectivity index (χ0) is 13.8. The molecule has 0 spiro atoms. The Labute approximate surface area is 117 Å². The Morgan fingerprint density at radius 1 is 1.39 bits per heavy atom. The van der Waals surface area contributed by atoms with Crippen LogP contribution in [-0.2, 0) is 16.6 Å². The minimum atomic E-state index is -3.45. The van der Waals surface area contributed by atoms with Gasteiger partial charge in [0.1, 0.15) is 0 Å². The fourth-order valence-electron chi connectivity index (χ4n) is 1.45. The molecule has 18 heavy (non-hydrogen) atoms. The molecule has 0 fully saturated rings. The molecule has 0 saturated heterocycles. The van der Waals surface area contributed by atoms with Gasteiger partial charge in [0, 0.05) is 17.6 Å². The van der Waals surface area contributed by atoms with Gasteiger partial charge in [-0.05, 0) is 46.0 Å². The maximum absolute atomic E-state index is 12.1. The minimum absolute atomic E-state index is 0.253. The molecule has 0 atom stereocenters. The third-order valence-corrected chi connectivity index (χ3v) is 4.97. The van der Waals surface area contributed by atoms with Gasteiger partial charge in [0.05, 0.1) is 4.90 Å². The molecule has 1 aromatic carbocycles. The van der Waals surface area contributed by atoms with Crippen molar-refractivity contribution in [1.29, 1.82) is 0 Å². The first-order valence-electron chi connectivity index (χ1n) is 5.85. The standard InChI is InChI=1S/C12H19BrN2O2S/c1-9(2)5-6-15-18(16,17)12-4-3-10(8-14)7-11(12)13/h3-4,7,9,15H,5-6,8,14H2,1-2H3. The second kappa shape index (κ2) is 6.65. The average molecular weight is 335 g/mol. The SMILES string of the molecule is CC(C)CCNS(=O)(=O)c1ccc(CN)cc1Br. The van der Waals surface area contributed by atoms with Gasteiger partial charge < -0.3 is 5.73 Å². The molecule has 1 rings (SSSR count). The molecule has 0 unspecified atom stereocenters. The highest BCUT2D eigenvalue weighted by atomic mass is 79.9. The predicted octanol–water partition coefficient (Wildman–Crippen LogP) is 2.23. The Morgan fingerprint density at radius 2 is 2.06 bits per heavy atom.